The van der Waals surface area contributed by atoms with E-state index in [1.807, 2.05) is 38.1 Å². The molecule has 0 unspecified atom stereocenters. The van der Waals surface area contributed by atoms with Crippen LogP contribution in [-0.2, 0) is 15.0 Å². The maximum absolute atomic E-state index is 13.6. The first-order valence-electron chi connectivity index (χ1n) is 11.2. The van der Waals surface area contributed by atoms with Gasteiger partial charge in [0.05, 0.1) is 34.1 Å². The Bertz CT molecular complexity index is 1320. The summed E-state index contributed by atoms with van der Waals surface area (Å²) in [4.78, 5) is 39.6. The van der Waals surface area contributed by atoms with E-state index in [1.54, 1.807) is 42.5 Å². The molecule has 1 heterocycles. The second kappa shape index (κ2) is 7.88. The van der Waals surface area contributed by atoms with Crippen molar-refractivity contribution in [2.24, 2.45) is 5.92 Å². The maximum atomic E-state index is 13.6. The summed E-state index contributed by atoms with van der Waals surface area (Å²) in [6.45, 7) is 3.73. The van der Waals surface area contributed by atoms with Gasteiger partial charge in [-0.25, -0.2) is 4.90 Å². The number of carbonyl (C=O) groups excluding carboxylic acids is 2. The van der Waals surface area contributed by atoms with E-state index < -0.39 is 28.3 Å². The van der Waals surface area contributed by atoms with E-state index in [1.165, 1.54) is 11.0 Å². The molecule has 2 aliphatic rings. The Labute approximate surface area is 196 Å². The van der Waals surface area contributed by atoms with Crippen molar-refractivity contribution in [2.45, 2.75) is 37.7 Å². The molecule has 3 aromatic rings. The standard InChI is InChI=1S/C27H24N2O5/c1-16-12-13-21-19(14-16)23-20(25(31)28(26(23)32)17-8-4-3-5-9-17)15-27(21,2)24(30)18-10-6-7-11-22(18)29(33)34/h3-14,20,23-24,30H,15H2,1-2H3/t20-,23+,24+,27-/m1/s1. The van der Waals surface area contributed by atoms with Crippen LogP contribution >= 0.6 is 0 Å². The lowest BCUT2D eigenvalue weighted by Crippen LogP contribution is -2.41. The van der Waals surface area contributed by atoms with Crippen LogP contribution in [-0.4, -0.2) is 21.8 Å². The maximum Gasteiger partial charge on any atom is 0.275 e. The number of hydrogen-bond acceptors (Lipinski definition) is 5. The molecule has 0 radical (unpaired) electrons. The average Bonchev–Trinajstić information content (AvgIpc) is 3.08. The number of para-hydroxylation sites is 2. The third kappa shape index (κ3) is 3.15. The Hall–Kier alpha value is -3.84. The van der Waals surface area contributed by atoms with E-state index >= 15 is 0 Å². The lowest BCUT2D eigenvalue weighted by molar-refractivity contribution is -0.386. The second-order valence-electron chi connectivity index (χ2n) is 9.36. The van der Waals surface area contributed by atoms with Crippen LogP contribution in [0.25, 0.3) is 0 Å². The summed E-state index contributed by atoms with van der Waals surface area (Å²) >= 11 is 0. The fourth-order valence-electron chi connectivity index (χ4n) is 5.63. The minimum Gasteiger partial charge on any atom is -0.387 e. The lowest BCUT2D eigenvalue weighted by atomic mass is 9.60. The molecule has 1 N–H and O–H groups in total. The van der Waals surface area contributed by atoms with Crippen molar-refractivity contribution < 1.29 is 19.6 Å². The van der Waals surface area contributed by atoms with E-state index in [-0.39, 0.29) is 29.5 Å². The molecule has 0 spiro atoms. The van der Waals surface area contributed by atoms with Crippen LogP contribution in [0.5, 0.6) is 0 Å². The van der Waals surface area contributed by atoms with E-state index in [0.29, 0.717) is 11.3 Å². The minimum atomic E-state index is -1.25. The Balaban J connectivity index is 1.67. The van der Waals surface area contributed by atoms with Crippen molar-refractivity contribution in [2.75, 3.05) is 4.90 Å². The van der Waals surface area contributed by atoms with Crippen LogP contribution in [0.3, 0.4) is 0 Å². The topological polar surface area (TPSA) is 101 Å². The molecule has 3 aromatic carbocycles. The van der Waals surface area contributed by atoms with Gasteiger partial charge in [-0.1, -0.05) is 61.0 Å². The first-order valence-corrected chi connectivity index (χ1v) is 11.2. The van der Waals surface area contributed by atoms with E-state index in [0.717, 1.165) is 11.1 Å². The number of aliphatic hydroxyl groups excluding tert-OH is 1. The molecule has 1 saturated heterocycles. The summed E-state index contributed by atoms with van der Waals surface area (Å²) in [7, 11) is 0. The molecule has 1 aliphatic carbocycles. The zero-order valence-corrected chi connectivity index (χ0v) is 18.8. The van der Waals surface area contributed by atoms with E-state index in [4.69, 9.17) is 0 Å². The van der Waals surface area contributed by atoms with Gasteiger partial charge in [-0.05, 0) is 42.7 Å². The van der Waals surface area contributed by atoms with Crippen molar-refractivity contribution in [1.82, 2.24) is 0 Å². The predicted molar refractivity (Wildman–Crippen MR) is 126 cm³/mol. The first kappa shape index (κ1) is 22.0. The molecule has 1 aliphatic heterocycles. The number of amides is 2. The highest BCUT2D eigenvalue weighted by molar-refractivity contribution is 6.24. The molecule has 34 heavy (non-hydrogen) atoms. The van der Waals surface area contributed by atoms with Gasteiger partial charge in [0.1, 0.15) is 0 Å². The molecule has 7 heteroatoms. The molecule has 1 fully saturated rings. The van der Waals surface area contributed by atoms with E-state index in [2.05, 4.69) is 0 Å². The highest BCUT2D eigenvalue weighted by Gasteiger charge is 2.57. The molecular formula is C27H24N2O5. The number of benzene rings is 3. The zero-order valence-electron chi connectivity index (χ0n) is 18.8. The molecule has 4 atom stereocenters. The Morgan fingerprint density at radius 1 is 1.03 bits per heavy atom. The van der Waals surface area contributed by atoms with Crippen LogP contribution in [0.4, 0.5) is 11.4 Å². The molecule has 172 valence electrons. The normalized spacial score (nSPS) is 24.5. The highest BCUT2D eigenvalue weighted by Crippen LogP contribution is 2.55. The number of imide groups is 1. The highest BCUT2D eigenvalue weighted by atomic mass is 16.6. The summed E-state index contributed by atoms with van der Waals surface area (Å²) in [5, 5.41) is 23.3. The number of hydrogen-bond donors (Lipinski definition) is 1. The Kier molecular flexibility index (Phi) is 5.10. The number of nitrogens with zero attached hydrogens (tertiary/aromatic N) is 2. The van der Waals surface area contributed by atoms with Crippen molar-refractivity contribution in [3.63, 3.8) is 0 Å². The average molecular weight is 456 g/mol. The summed E-state index contributed by atoms with van der Waals surface area (Å²) in [5.41, 5.74) is 1.89. The number of anilines is 1. The van der Waals surface area contributed by atoms with Crippen LogP contribution in [0.15, 0.2) is 72.8 Å². The number of fused-ring (bicyclic) bond motifs is 3. The summed E-state index contributed by atoms with van der Waals surface area (Å²) < 4.78 is 0. The molecule has 0 aromatic heterocycles. The van der Waals surface area contributed by atoms with Crippen molar-refractivity contribution in [3.8, 4) is 0 Å². The predicted octanol–water partition coefficient (Wildman–Crippen LogP) is 4.57. The van der Waals surface area contributed by atoms with Gasteiger partial charge in [-0.2, -0.15) is 0 Å². The lowest BCUT2D eigenvalue weighted by Gasteiger charge is -2.43. The second-order valence-corrected chi connectivity index (χ2v) is 9.36. The molecule has 7 nitrogen and oxygen atoms in total. The Morgan fingerprint density at radius 2 is 1.71 bits per heavy atom. The van der Waals surface area contributed by atoms with Crippen LogP contribution in [0, 0.1) is 23.0 Å². The SMILES string of the molecule is Cc1ccc2c(c1)[C@@H]1C(=O)N(c3ccccc3)C(=O)[C@@H]1C[C@@]2(C)[C@@H](O)c1ccccc1[N+](=O)[O-]. The van der Waals surface area contributed by atoms with Gasteiger partial charge in [0.25, 0.3) is 5.69 Å². The fraction of sp³-hybridized carbons (Fsp3) is 0.259. The van der Waals surface area contributed by atoms with Crippen LogP contribution < -0.4 is 4.90 Å². The Morgan fingerprint density at radius 3 is 2.41 bits per heavy atom. The van der Waals surface area contributed by atoms with Crippen LogP contribution in [0.1, 0.15) is 47.6 Å². The van der Waals surface area contributed by atoms with Crippen molar-refractivity contribution in [3.05, 3.63) is 105 Å². The van der Waals surface area contributed by atoms with Gasteiger partial charge in [0, 0.05) is 11.5 Å². The van der Waals surface area contributed by atoms with Crippen LogP contribution in [0.2, 0.25) is 0 Å². The molecule has 5 rings (SSSR count). The number of aryl methyl sites for hydroxylation is 1. The van der Waals surface area contributed by atoms with Gasteiger partial charge in [0.15, 0.2) is 0 Å². The number of aliphatic hydroxyl groups is 1. The van der Waals surface area contributed by atoms with Gasteiger partial charge in [0.2, 0.25) is 11.8 Å². The zero-order chi connectivity index (χ0) is 24.2. The van der Waals surface area contributed by atoms with Gasteiger partial charge < -0.3 is 5.11 Å². The molecule has 2 amide bonds. The van der Waals surface area contributed by atoms with Crippen molar-refractivity contribution in [1.29, 1.82) is 0 Å². The van der Waals surface area contributed by atoms with E-state index in [9.17, 15) is 24.8 Å². The van der Waals surface area contributed by atoms with Gasteiger partial charge >= 0.3 is 0 Å². The first-order chi connectivity index (χ1) is 16.2. The van der Waals surface area contributed by atoms with Gasteiger partial charge in [-0.3, -0.25) is 19.7 Å². The number of carbonyl (C=O) groups is 2. The third-order valence-corrected chi connectivity index (χ3v) is 7.27. The summed E-state index contributed by atoms with van der Waals surface area (Å²) in [5.74, 6) is -1.93. The summed E-state index contributed by atoms with van der Waals surface area (Å²) in [6, 6.07) is 20.6. The quantitative estimate of drug-likeness (QED) is 0.352. The summed E-state index contributed by atoms with van der Waals surface area (Å²) in [6.07, 6.45) is -1.06. The third-order valence-electron chi connectivity index (χ3n) is 7.27. The fourth-order valence-corrected chi connectivity index (χ4v) is 5.63. The molecule has 0 saturated carbocycles. The monoisotopic (exact) mass is 456 g/mol. The van der Waals surface area contributed by atoms with Gasteiger partial charge in [-0.15, -0.1) is 0 Å². The van der Waals surface area contributed by atoms with Crippen molar-refractivity contribution >= 4 is 23.2 Å². The largest absolute Gasteiger partial charge is 0.387 e. The number of rotatable bonds is 4. The number of nitro benzene ring substituents is 1. The molecular weight excluding hydrogens is 432 g/mol. The minimum absolute atomic E-state index is 0.174. The smallest absolute Gasteiger partial charge is 0.275 e. The number of nitro groups is 1. The molecule has 0 bridgehead atoms.